The van der Waals surface area contributed by atoms with E-state index in [1.54, 1.807) is 0 Å². The Morgan fingerprint density at radius 3 is 1.93 bits per heavy atom. The number of benzene rings is 1. The summed E-state index contributed by atoms with van der Waals surface area (Å²) in [4.78, 5) is 0. The molecule has 0 spiro atoms. The van der Waals surface area contributed by atoms with Gasteiger partial charge in [0.15, 0.2) is 0 Å². The maximum absolute atomic E-state index is 2.75. The molecule has 0 saturated carbocycles. The molecule has 14 heavy (non-hydrogen) atoms. The molecule has 1 aromatic rings. The average molecular weight is 193 g/mol. The van der Waals surface area contributed by atoms with Crippen LogP contribution in [0.4, 0.5) is 0 Å². The van der Waals surface area contributed by atoms with Crippen LogP contribution < -0.4 is 5.32 Å². The Kier molecular flexibility index (Phi) is 7.13. The summed E-state index contributed by atoms with van der Waals surface area (Å²) < 4.78 is 0. The van der Waals surface area contributed by atoms with E-state index in [2.05, 4.69) is 50.4 Å². The van der Waals surface area contributed by atoms with Crippen LogP contribution in [0, 0.1) is 6.92 Å². The summed E-state index contributed by atoms with van der Waals surface area (Å²) in [6, 6.07) is 8.82. The van der Waals surface area contributed by atoms with Gasteiger partial charge in [0.05, 0.1) is 0 Å². The molecule has 0 fully saturated rings. The summed E-state index contributed by atoms with van der Waals surface area (Å²) in [7, 11) is 3.75. The zero-order valence-corrected chi connectivity index (χ0v) is 10.1. The first-order chi connectivity index (χ1) is 6.65. The van der Waals surface area contributed by atoms with E-state index in [0.29, 0.717) is 5.92 Å². The molecule has 0 saturated heterocycles. The monoisotopic (exact) mass is 193 g/mol. The van der Waals surface area contributed by atoms with E-state index in [4.69, 9.17) is 0 Å². The summed E-state index contributed by atoms with van der Waals surface area (Å²) in [5.41, 5.74) is 2.80. The molecule has 1 N–H and O–H groups in total. The van der Waals surface area contributed by atoms with Gasteiger partial charge in [-0.3, -0.25) is 0 Å². The highest BCUT2D eigenvalue weighted by atomic mass is 14.7. The molecular formula is C13H23N. The summed E-state index contributed by atoms with van der Waals surface area (Å²) in [6.07, 6.45) is 1.23. The van der Waals surface area contributed by atoms with Crippen LogP contribution in [-0.2, 0) is 0 Å². The van der Waals surface area contributed by atoms with Gasteiger partial charge in [0.2, 0.25) is 0 Å². The second-order valence-corrected chi connectivity index (χ2v) is 3.72. The quantitative estimate of drug-likeness (QED) is 0.759. The summed E-state index contributed by atoms with van der Waals surface area (Å²) in [5, 5.41) is 2.75. The lowest BCUT2D eigenvalue weighted by Crippen LogP contribution is -1.89. The van der Waals surface area contributed by atoms with Crippen molar-refractivity contribution in [2.45, 2.75) is 33.1 Å². The maximum atomic E-state index is 2.75. The van der Waals surface area contributed by atoms with E-state index in [0.717, 1.165) is 0 Å². The summed E-state index contributed by atoms with van der Waals surface area (Å²) in [6.45, 7) is 6.62. The number of aryl methyl sites for hydroxylation is 1. The molecule has 1 nitrogen and oxygen atoms in total. The minimum atomic E-state index is 0.704. The lowest BCUT2D eigenvalue weighted by Gasteiger charge is -2.07. The minimum Gasteiger partial charge on any atom is -0.323 e. The molecule has 1 atom stereocenters. The van der Waals surface area contributed by atoms with Gasteiger partial charge < -0.3 is 5.32 Å². The van der Waals surface area contributed by atoms with Gasteiger partial charge in [-0.1, -0.05) is 43.7 Å². The van der Waals surface area contributed by atoms with Crippen molar-refractivity contribution in [3.8, 4) is 0 Å². The number of hydrogen-bond donors (Lipinski definition) is 1. The first kappa shape index (κ1) is 13.2. The Bertz CT molecular complexity index is 225. The fourth-order valence-corrected chi connectivity index (χ4v) is 1.13. The lowest BCUT2D eigenvalue weighted by atomic mass is 9.98. The minimum absolute atomic E-state index is 0.704. The van der Waals surface area contributed by atoms with Gasteiger partial charge >= 0.3 is 0 Å². The Hall–Kier alpha value is -0.820. The average Bonchev–Trinajstić information content (AvgIpc) is 2.19. The largest absolute Gasteiger partial charge is 0.323 e. The second kappa shape index (κ2) is 7.57. The molecular weight excluding hydrogens is 170 g/mol. The van der Waals surface area contributed by atoms with Crippen LogP contribution >= 0.6 is 0 Å². The highest BCUT2D eigenvalue weighted by molar-refractivity contribution is 5.23. The van der Waals surface area contributed by atoms with Crippen molar-refractivity contribution in [3.63, 3.8) is 0 Å². The van der Waals surface area contributed by atoms with Crippen LogP contribution in [0.25, 0.3) is 0 Å². The molecule has 0 aliphatic heterocycles. The van der Waals surface area contributed by atoms with E-state index in [1.807, 2.05) is 14.1 Å². The Balaban J connectivity index is 0.000000500. The first-order valence-corrected chi connectivity index (χ1v) is 5.30. The molecule has 1 rings (SSSR count). The van der Waals surface area contributed by atoms with Crippen molar-refractivity contribution >= 4 is 0 Å². The smallest absolute Gasteiger partial charge is 0.0167 e. The fourth-order valence-electron chi connectivity index (χ4n) is 1.13. The van der Waals surface area contributed by atoms with Crippen molar-refractivity contribution in [2.24, 2.45) is 0 Å². The van der Waals surface area contributed by atoms with E-state index >= 15 is 0 Å². The molecule has 1 heteroatoms. The molecule has 80 valence electrons. The van der Waals surface area contributed by atoms with E-state index < -0.39 is 0 Å². The molecule has 0 aromatic heterocycles. The van der Waals surface area contributed by atoms with Gasteiger partial charge in [-0.05, 0) is 38.9 Å². The highest BCUT2D eigenvalue weighted by Crippen LogP contribution is 2.18. The van der Waals surface area contributed by atoms with Crippen LogP contribution in [0.5, 0.6) is 0 Å². The van der Waals surface area contributed by atoms with Gasteiger partial charge in [0.25, 0.3) is 0 Å². The van der Waals surface area contributed by atoms with Gasteiger partial charge in [-0.15, -0.1) is 0 Å². The maximum Gasteiger partial charge on any atom is -0.0167 e. The van der Waals surface area contributed by atoms with Gasteiger partial charge in [-0.2, -0.15) is 0 Å². The van der Waals surface area contributed by atoms with Gasteiger partial charge in [0.1, 0.15) is 0 Å². The van der Waals surface area contributed by atoms with Gasteiger partial charge in [0, 0.05) is 0 Å². The molecule has 1 aromatic carbocycles. The molecule has 1 unspecified atom stereocenters. The zero-order valence-electron chi connectivity index (χ0n) is 10.1. The van der Waals surface area contributed by atoms with E-state index in [9.17, 15) is 0 Å². The fraction of sp³-hybridized carbons (Fsp3) is 0.538. The standard InChI is InChI=1S/C11H16.C2H7N/c1-4-10(3)11-7-5-9(2)6-8-11;1-3-2/h5-8,10H,4H2,1-3H3;3H,1-2H3. The van der Waals surface area contributed by atoms with Crippen LogP contribution in [0.15, 0.2) is 24.3 Å². The predicted octanol–water partition coefficient (Wildman–Crippen LogP) is 3.34. The number of hydrogen-bond acceptors (Lipinski definition) is 1. The van der Waals surface area contributed by atoms with Crippen LogP contribution in [0.1, 0.15) is 37.3 Å². The predicted molar refractivity (Wildman–Crippen MR) is 64.9 cm³/mol. The molecule has 0 aliphatic carbocycles. The summed E-state index contributed by atoms with van der Waals surface area (Å²) >= 11 is 0. The van der Waals surface area contributed by atoms with E-state index in [1.165, 1.54) is 17.5 Å². The number of rotatable bonds is 2. The third kappa shape index (κ3) is 5.03. The third-order valence-corrected chi connectivity index (χ3v) is 2.26. The van der Waals surface area contributed by atoms with Crippen molar-refractivity contribution in [3.05, 3.63) is 35.4 Å². The molecule has 0 bridgehead atoms. The Morgan fingerprint density at radius 1 is 1.14 bits per heavy atom. The first-order valence-electron chi connectivity index (χ1n) is 5.30. The van der Waals surface area contributed by atoms with Crippen LogP contribution in [-0.4, -0.2) is 14.1 Å². The topological polar surface area (TPSA) is 12.0 Å². The highest BCUT2D eigenvalue weighted by Gasteiger charge is 2.00. The van der Waals surface area contributed by atoms with Crippen LogP contribution in [0.3, 0.4) is 0 Å². The van der Waals surface area contributed by atoms with Crippen LogP contribution in [0.2, 0.25) is 0 Å². The number of nitrogens with one attached hydrogen (secondary N) is 1. The Labute approximate surface area is 88.5 Å². The second-order valence-electron chi connectivity index (χ2n) is 3.72. The zero-order chi connectivity index (χ0) is 11.0. The van der Waals surface area contributed by atoms with Gasteiger partial charge in [-0.25, -0.2) is 0 Å². The molecule has 0 radical (unpaired) electrons. The molecule has 0 aliphatic rings. The molecule has 0 amide bonds. The molecule has 0 heterocycles. The SMILES string of the molecule is CCC(C)c1ccc(C)cc1.CNC. The van der Waals surface area contributed by atoms with Crippen molar-refractivity contribution in [1.29, 1.82) is 0 Å². The van der Waals surface area contributed by atoms with Crippen molar-refractivity contribution in [1.82, 2.24) is 5.32 Å². The van der Waals surface area contributed by atoms with Crippen molar-refractivity contribution in [2.75, 3.05) is 14.1 Å². The third-order valence-electron chi connectivity index (χ3n) is 2.26. The van der Waals surface area contributed by atoms with E-state index in [-0.39, 0.29) is 0 Å². The normalized spacial score (nSPS) is 11.5. The summed E-state index contributed by atoms with van der Waals surface area (Å²) in [5.74, 6) is 0.704. The Morgan fingerprint density at radius 2 is 1.57 bits per heavy atom. The lowest BCUT2D eigenvalue weighted by molar-refractivity contribution is 0.733. The van der Waals surface area contributed by atoms with Crippen molar-refractivity contribution < 1.29 is 0 Å².